The van der Waals surface area contributed by atoms with E-state index in [1.54, 1.807) is 18.9 Å². The highest BCUT2D eigenvalue weighted by Gasteiger charge is 2.12. The van der Waals surface area contributed by atoms with Gasteiger partial charge in [-0.2, -0.15) is 0 Å². The van der Waals surface area contributed by atoms with Gasteiger partial charge in [0.15, 0.2) is 0 Å². The van der Waals surface area contributed by atoms with Crippen molar-refractivity contribution in [3.63, 3.8) is 0 Å². The summed E-state index contributed by atoms with van der Waals surface area (Å²) in [6.45, 7) is 0. The number of carbonyl (C=O) groups excluding carboxylic acids is 1. The smallest absolute Gasteiger partial charge is 0.224 e. The Bertz CT molecular complexity index is 379. The topological polar surface area (TPSA) is 38.3 Å². The number of hydrogen-bond donors (Lipinski definition) is 1. The van der Waals surface area contributed by atoms with Gasteiger partial charge in [-0.05, 0) is 30.4 Å². The van der Waals surface area contributed by atoms with Crippen LogP contribution in [-0.4, -0.2) is 18.8 Å². The highest BCUT2D eigenvalue weighted by atomic mass is 32.2. The third kappa shape index (κ3) is 2.45. The van der Waals surface area contributed by atoms with Gasteiger partial charge in [0.2, 0.25) is 5.91 Å². The van der Waals surface area contributed by atoms with Crippen LogP contribution in [0.5, 0.6) is 5.75 Å². The minimum Gasteiger partial charge on any atom is -0.497 e. The van der Waals surface area contributed by atoms with E-state index in [0.29, 0.717) is 6.42 Å². The monoisotopic (exact) mass is 223 g/mol. The molecule has 0 unspecified atom stereocenters. The third-order valence-electron chi connectivity index (χ3n) is 2.27. The number of benzene rings is 1. The Balaban J connectivity index is 2.31. The lowest BCUT2D eigenvalue weighted by Gasteiger charge is -2.15. The second-order valence-electron chi connectivity index (χ2n) is 3.36. The number of hydrogen-bond acceptors (Lipinski definition) is 3. The lowest BCUT2D eigenvalue weighted by molar-refractivity contribution is -0.116. The second-order valence-corrected chi connectivity index (χ2v) is 4.50. The molecule has 1 amide bonds. The highest BCUT2D eigenvalue weighted by molar-refractivity contribution is 7.99. The molecule has 0 atom stereocenters. The van der Waals surface area contributed by atoms with E-state index in [1.807, 2.05) is 18.2 Å². The Kier molecular flexibility index (Phi) is 3.16. The average molecular weight is 223 g/mol. The molecule has 0 saturated carbocycles. The van der Waals surface area contributed by atoms with Gasteiger partial charge in [0.05, 0.1) is 12.8 Å². The van der Waals surface area contributed by atoms with E-state index in [9.17, 15) is 4.79 Å². The van der Waals surface area contributed by atoms with Gasteiger partial charge in [0.25, 0.3) is 0 Å². The first-order valence-corrected chi connectivity index (χ1v) is 5.89. The Hall–Kier alpha value is -1.16. The summed E-state index contributed by atoms with van der Waals surface area (Å²) < 4.78 is 5.15. The number of amides is 1. The van der Waals surface area contributed by atoms with Crippen LogP contribution in [0.1, 0.15) is 12.8 Å². The molecular formula is C11H13NO2S. The Morgan fingerprint density at radius 2 is 2.33 bits per heavy atom. The molecular weight excluding hydrogens is 210 g/mol. The molecule has 1 heterocycles. The molecule has 0 spiro atoms. The summed E-state index contributed by atoms with van der Waals surface area (Å²) in [6.07, 6.45) is 1.53. The number of ether oxygens (including phenoxy) is 1. The Morgan fingerprint density at radius 1 is 1.47 bits per heavy atom. The minimum atomic E-state index is 0.0988. The SMILES string of the molecule is COc1ccc2c(c1)SCCCC(=O)N2. The molecule has 15 heavy (non-hydrogen) atoms. The maximum Gasteiger partial charge on any atom is 0.224 e. The van der Waals surface area contributed by atoms with Crippen LogP contribution in [0.15, 0.2) is 23.1 Å². The first-order chi connectivity index (χ1) is 7.29. The molecule has 0 aliphatic carbocycles. The summed E-state index contributed by atoms with van der Waals surface area (Å²) in [6, 6.07) is 5.72. The number of fused-ring (bicyclic) bond motifs is 1. The quantitative estimate of drug-likeness (QED) is 0.795. The molecule has 4 heteroatoms. The molecule has 0 saturated heterocycles. The lowest BCUT2D eigenvalue weighted by Crippen LogP contribution is -2.13. The summed E-state index contributed by atoms with van der Waals surface area (Å²) in [5.74, 6) is 1.91. The molecule has 2 rings (SSSR count). The number of carbonyl (C=O) groups is 1. The standard InChI is InChI=1S/C11H13NO2S/c1-14-8-4-5-9-10(7-8)15-6-2-3-11(13)12-9/h4-5,7H,2-3,6H2,1H3,(H,12,13). The van der Waals surface area contributed by atoms with Gasteiger partial charge in [0.1, 0.15) is 5.75 Å². The Morgan fingerprint density at radius 3 is 3.13 bits per heavy atom. The predicted molar refractivity (Wildman–Crippen MR) is 61.6 cm³/mol. The maximum absolute atomic E-state index is 11.4. The number of nitrogens with one attached hydrogen (secondary N) is 1. The molecule has 0 fully saturated rings. The van der Waals surface area contributed by atoms with Crippen LogP contribution in [0.4, 0.5) is 5.69 Å². The fourth-order valence-corrected chi connectivity index (χ4v) is 2.46. The minimum absolute atomic E-state index is 0.0988. The maximum atomic E-state index is 11.4. The van der Waals surface area contributed by atoms with Crippen molar-refractivity contribution in [1.82, 2.24) is 0 Å². The van der Waals surface area contributed by atoms with E-state index < -0.39 is 0 Å². The van der Waals surface area contributed by atoms with Crippen LogP contribution in [0, 0.1) is 0 Å². The van der Waals surface area contributed by atoms with Gasteiger partial charge >= 0.3 is 0 Å². The van der Waals surface area contributed by atoms with E-state index in [2.05, 4.69) is 5.32 Å². The number of thioether (sulfide) groups is 1. The zero-order valence-corrected chi connectivity index (χ0v) is 9.39. The lowest BCUT2D eigenvalue weighted by atomic mass is 10.2. The summed E-state index contributed by atoms with van der Waals surface area (Å²) >= 11 is 1.76. The summed E-state index contributed by atoms with van der Waals surface area (Å²) in [7, 11) is 1.65. The highest BCUT2D eigenvalue weighted by Crippen LogP contribution is 2.33. The molecule has 0 aromatic heterocycles. The average Bonchev–Trinajstić information content (AvgIpc) is 2.23. The van der Waals surface area contributed by atoms with E-state index in [1.165, 1.54) is 0 Å². The van der Waals surface area contributed by atoms with Crippen molar-refractivity contribution >= 4 is 23.4 Å². The fraction of sp³-hybridized carbons (Fsp3) is 0.364. The zero-order chi connectivity index (χ0) is 10.7. The predicted octanol–water partition coefficient (Wildman–Crippen LogP) is 2.52. The van der Waals surface area contributed by atoms with Crippen molar-refractivity contribution in [2.75, 3.05) is 18.2 Å². The largest absolute Gasteiger partial charge is 0.497 e. The first kappa shape index (κ1) is 10.4. The van der Waals surface area contributed by atoms with Crippen molar-refractivity contribution in [3.8, 4) is 5.75 Å². The van der Waals surface area contributed by atoms with Crippen LogP contribution in [0.3, 0.4) is 0 Å². The molecule has 80 valence electrons. The number of methoxy groups -OCH3 is 1. The van der Waals surface area contributed by atoms with E-state index in [4.69, 9.17) is 4.74 Å². The Labute approximate surface area is 93.2 Å². The van der Waals surface area contributed by atoms with Crippen molar-refractivity contribution in [2.24, 2.45) is 0 Å². The number of rotatable bonds is 1. The molecule has 3 nitrogen and oxygen atoms in total. The van der Waals surface area contributed by atoms with Crippen LogP contribution < -0.4 is 10.1 Å². The first-order valence-electron chi connectivity index (χ1n) is 4.90. The van der Waals surface area contributed by atoms with Crippen molar-refractivity contribution in [3.05, 3.63) is 18.2 Å². The van der Waals surface area contributed by atoms with Gasteiger partial charge in [-0.1, -0.05) is 0 Å². The zero-order valence-electron chi connectivity index (χ0n) is 8.58. The van der Waals surface area contributed by atoms with E-state index in [0.717, 1.165) is 28.5 Å². The van der Waals surface area contributed by atoms with E-state index in [-0.39, 0.29) is 5.91 Å². The van der Waals surface area contributed by atoms with Crippen LogP contribution in [0.2, 0.25) is 0 Å². The second kappa shape index (κ2) is 4.57. The molecule has 1 aliphatic rings. The number of anilines is 1. The van der Waals surface area contributed by atoms with Crippen LogP contribution in [0.25, 0.3) is 0 Å². The van der Waals surface area contributed by atoms with Gasteiger partial charge in [0, 0.05) is 11.3 Å². The molecule has 1 aromatic carbocycles. The van der Waals surface area contributed by atoms with Crippen LogP contribution >= 0.6 is 11.8 Å². The van der Waals surface area contributed by atoms with Crippen molar-refractivity contribution < 1.29 is 9.53 Å². The van der Waals surface area contributed by atoms with Gasteiger partial charge < -0.3 is 10.1 Å². The third-order valence-corrected chi connectivity index (χ3v) is 3.41. The summed E-state index contributed by atoms with van der Waals surface area (Å²) in [5.41, 5.74) is 0.894. The molecule has 1 aromatic rings. The normalized spacial score (nSPS) is 15.9. The van der Waals surface area contributed by atoms with Gasteiger partial charge in [-0.25, -0.2) is 0 Å². The van der Waals surface area contributed by atoms with Gasteiger partial charge in [-0.3, -0.25) is 4.79 Å². The van der Waals surface area contributed by atoms with Crippen molar-refractivity contribution in [2.45, 2.75) is 17.7 Å². The van der Waals surface area contributed by atoms with Crippen LogP contribution in [-0.2, 0) is 4.79 Å². The molecule has 1 N–H and O–H groups in total. The van der Waals surface area contributed by atoms with Gasteiger partial charge in [-0.15, -0.1) is 11.8 Å². The summed E-state index contributed by atoms with van der Waals surface area (Å²) in [4.78, 5) is 12.5. The molecule has 0 bridgehead atoms. The molecule has 1 aliphatic heterocycles. The molecule has 0 radical (unpaired) electrons. The van der Waals surface area contributed by atoms with Crippen molar-refractivity contribution in [1.29, 1.82) is 0 Å². The summed E-state index contributed by atoms with van der Waals surface area (Å²) in [5, 5.41) is 2.90. The fourth-order valence-electron chi connectivity index (χ4n) is 1.48. The van der Waals surface area contributed by atoms with E-state index >= 15 is 0 Å².